The molecule has 1 rings (SSSR count). The summed E-state index contributed by atoms with van der Waals surface area (Å²) >= 11 is 0. The molecule has 8 heteroatoms. The molecule has 0 saturated heterocycles. The lowest BCUT2D eigenvalue weighted by Gasteiger charge is -2.20. The molecule has 0 saturated carbocycles. The Hall–Kier alpha value is -1.93. The van der Waals surface area contributed by atoms with E-state index in [1.807, 2.05) is 0 Å². The maximum absolute atomic E-state index is 11.8. The molecule has 0 aliphatic heterocycles. The van der Waals surface area contributed by atoms with Gasteiger partial charge in [-0.2, -0.15) is 0 Å². The number of H-pyrrole nitrogens is 1. The number of aliphatic hydroxyl groups is 2. The maximum atomic E-state index is 11.8. The summed E-state index contributed by atoms with van der Waals surface area (Å²) in [6.07, 6.45) is 0. The first-order valence-electron chi connectivity index (χ1n) is 5.38. The van der Waals surface area contributed by atoms with Crippen LogP contribution in [0.15, 0.2) is 21.7 Å². The zero-order valence-corrected chi connectivity index (χ0v) is 9.70. The van der Waals surface area contributed by atoms with Crippen LogP contribution in [0.4, 0.5) is 0 Å². The van der Waals surface area contributed by atoms with Gasteiger partial charge >= 0.3 is 0 Å². The van der Waals surface area contributed by atoms with Gasteiger partial charge < -0.3 is 15.1 Å². The minimum Gasteiger partial charge on any atom is -0.395 e. The van der Waals surface area contributed by atoms with E-state index in [-0.39, 0.29) is 32.8 Å². The summed E-state index contributed by atoms with van der Waals surface area (Å²) in [5.74, 6) is -0.470. The van der Waals surface area contributed by atoms with Crippen molar-refractivity contribution in [2.75, 3.05) is 26.3 Å². The molecule has 0 spiro atoms. The third kappa shape index (κ3) is 3.82. The summed E-state index contributed by atoms with van der Waals surface area (Å²) in [4.78, 5) is 35.4. The fourth-order valence-corrected chi connectivity index (χ4v) is 1.42. The minimum atomic E-state index is -0.504. The molecule has 0 aromatic carbocycles. The van der Waals surface area contributed by atoms with Crippen molar-refractivity contribution in [1.29, 1.82) is 0 Å². The summed E-state index contributed by atoms with van der Waals surface area (Å²) in [5, 5.41) is 19.8. The van der Waals surface area contributed by atoms with E-state index >= 15 is 0 Å². The molecule has 0 unspecified atom stereocenters. The molecule has 1 amide bonds. The fourth-order valence-electron chi connectivity index (χ4n) is 1.42. The van der Waals surface area contributed by atoms with Gasteiger partial charge in [0.25, 0.3) is 11.1 Å². The highest BCUT2D eigenvalue weighted by Gasteiger charge is 2.13. The number of hydrogen-bond acceptors (Lipinski definition) is 5. The second-order valence-corrected chi connectivity index (χ2v) is 3.56. The molecule has 3 N–H and O–H groups in total. The molecule has 0 aliphatic carbocycles. The third-order valence-electron chi connectivity index (χ3n) is 2.27. The molecule has 0 radical (unpaired) electrons. The van der Waals surface area contributed by atoms with Crippen LogP contribution in [0.25, 0.3) is 0 Å². The molecule has 1 heterocycles. The lowest BCUT2D eigenvalue weighted by Crippen LogP contribution is -2.41. The Morgan fingerprint density at radius 3 is 2.39 bits per heavy atom. The summed E-state index contributed by atoms with van der Waals surface area (Å²) in [5.41, 5.74) is -0.992. The lowest BCUT2D eigenvalue weighted by molar-refractivity contribution is -0.133. The van der Waals surface area contributed by atoms with Gasteiger partial charge in [-0.1, -0.05) is 0 Å². The van der Waals surface area contributed by atoms with Crippen LogP contribution in [0.2, 0.25) is 0 Å². The zero-order chi connectivity index (χ0) is 13.5. The van der Waals surface area contributed by atoms with Crippen molar-refractivity contribution in [2.45, 2.75) is 6.54 Å². The van der Waals surface area contributed by atoms with Crippen LogP contribution in [0.5, 0.6) is 0 Å². The van der Waals surface area contributed by atoms with Gasteiger partial charge in [0.1, 0.15) is 6.54 Å². The molecule has 0 atom stereocenters. The Bertz CT molecular complexity index is 501. The van der Waals surface area contributed by atoms with Gasteiger partial charge in [-0.25, -0.2) is 4.68 Å². The standard InChI is InChI=1S/C10H15N3O5/c14-5-3-12(4-6-15)10(18)7-13-9(17)2-1-8(16)11-13/h1-2,14-15H,3-7H2,(H,11,16). The van der Waals surface area contributed by atoms with Gasteiger partial charge in [0.2, 0.25) is 5.91 Å². The minimum absolute atomic E-state index is 0.0607. The highest BCUT2D eigenvalue weighted by Crippen LogP contribution is 1.91. The van der Waals surface area contributed by atoms with E-state index in [4.69, 9.17) is 10.2 Å². The number of amides is 1. The number of aromatic nitrogens is 2. The summed E-state index contributed by atoms with van der Waals surface area (Å²) in [7, 11) is 0. The third-order valence-corrected chi connectivity index (χ3v) is 2.27. The van der Waals surface area contributed by atoms with Crippen LogP contribution in [0.1, 0.15) is 0 Å². The van der Waals surface area contributed by atoms with Crippen LogP contribution in [0.3, 0.4) is 0 Å². The fraction of sp³-hybridized carbons (Fsp3) is 0.500. The molecule has 18 heavy (non-hydrogen) atoms. The molecule has 8 nitrogen and oxygen atoms in total. The van der Waals surface area contributed by atoms with E-state index in [2.05, 4.69) is 5.10 Å². The zero-order valence-electron chi connectivity index (χ0n) is 9.70. The van der Waals surface area contributed by atoms with Crippen molar-refractivity contribution in [3.05, 3.63) is 32.8 Å². The monoisotopic (exact) mass is 257 g/mol. The molecule has 100 valence electrons. The van der Waals surface area contributed by atoms with Crippen molar-refractivity contribution < 1.29 is 15.0 Å². The quantitative estimate of drug-likeness (QED) is 0.515. The summed E-state index contributed by atoms with van der Waals surface area (Å²) in [6, 6.07) is 2.14. The topological polar surface area (TPSA) is 116 Å². The van der Waals surface area contributed by atoms with Crippen molar-refractivity contribution in [3.8, 4) is 0 Å². The number of nitrogens with zero attached hydrogens (tertiary/aromatic N) is 2. The van der Waals surface area contributed by atoms with E-state index < -0.39 is 17.0 Å². The molecule has 0 bridgehead atoms. The Kier molecular flexibility index (Phi) is 5.28. The second kappa shape index (κ2) is 6.72. The predicted octanol–water partition coefficient (Wildman–Crippen LogP) is -2.65. The normalized spacial score (nSPS) is 10.3. The number of aromatic amines is 1. The first-order valence-corrected chi connectivity index (χ1v) is 5.38. The maximum Gasteiger partial charge on any atom is 0.265 e. The van der Waals surface area contributed by atoms with E-state index in [0.29, 0.717) is 0 Å². The van der Waals surface area contributed by atoms with E-state index in [9.17, 15) is 14.4 Å². The van der Waals surface area contributed by atoms with Gasteiger partial charge in [-0.05, 0) is 0 Å². The first kappa shape index (κ1) is 14.1. The average molecular weight is 257 g/mol. The first-order chi connectivity index (χ1) is 8.58. The molecular weight excluding hydrogens is 242 g/mol. The SMILES string of the molecule is O=C(Cn1[nH]c(=O)ccc1=O)N(CCO)CCO. The molecular formula is C10H15N3O5. The van der Waals surface area contributed by atoms with Crippen molar-refractivity contribution >= 4 is 5.91 Å². The van der Waals surface area contributed by atoms with E-state index in [1.54, 1.807) is 0 Å². The number of carbonyl (C=O) groups is 1. The van der Waals surface area contributed by atoms with Gasteiger partial charge in [0.05, 0.1) is 13.2 Å². The predicted molar refractivity (Wildman–Crippen MR) is 62.1 cm³/mol. The number of aliphatic hydroxyl groups excluding tert-OH is 2. The highest BCUT2D eigenvalue weighted by molar-refractivity contribution is 5.75. The Labute approximate surface area is 102 Å². The lowest BCUT2D eigenvalue weighted by atomic mass is 10.4. The van der Waals surface area contributed by atoms with Gasteiger partial charge in [0.15, 0.2) is 0 Å². The van der Waals surface area contributed by atoms with Gasteiger partial charge in [0, 0.05) is 25.2 Å². The molecule has 1 aromatic rings. The average Bonchev–Trinajstić information content (AvgIpc) is 2.33. The number of rotatable bonds is 6. The Morgan fingerprint density at radius 1 is 1.22 bits per heavy atom. The van der Waals surface area contributed by atoms with Crippen LogP contribution >= 0.6 is 0 Å². The van der Waals surface area contributed by atoms with Crippen LogP contribution in [-0.2, 0) is 11.3 Å². The van der Waals surface area contributed by atoms with Crippen LogP contribution in [-0.4, -0.2) is 57.1 Å². The Morgan fingerprint density at radius 2 is 1.83 bits per heavy atom. The number of carbonyl (C=O) groups excluding carboxylic acids is 1. The summed E-state index contributed by atoms with van der Waals surface area (Å²) in [6.45, 7) is -0.705. The Balaban J connectivity index is 2.81. The largest absolute Gasteiger partial charge is 0.395 e. The van der Waals surface area contributed by atoms with Crippen molar-refractivity contribution in [1.82, 2.24) is 14.7 Å². The van der Waals surface area contributed by atoms with Gasteiger partial charge in [-0.15, -0.1) is 0 Å². The molecule has 0 fully saturated rings. The smallest absolute Gasteiger partial charge is 0.265 e. The number of nitrogens with one attached hydrogen (secondary N) is 1. The van der Waals surface area contributed by atoms with E-state index in [0.717, 1.165) is 16.8 Å². The van der Waals surface area contributed by atoms with Crippen molar-refractivity contribution in [2.24, 2.45) is 0 Å². The molecule has 0 aliphatic rings. The summed E-state index contributed by atoms with van der Waals surface area (Å²) < 4.78 is 0.881. The second-order valence-electron chi connectivity index (χ2n) is 3.56. The van der Waals surface area contributed by atoms with E-state index in [1.165, 1.54) is 4.90 Å². The van der Waals surface area contributed by atoms with Gasteiger partial charge in [-0.3, -0.25) is 19.5 Å². The highest BCUT2D eigenvalue weighted by atomic mass is 16.3. The van der Waals surface area contributed by atoms with Crippen LogP contribution < -0.4 is 11.1 Å². The van der Waals surface area contributed by atoms with Crippen LogP contribution in [0, 0.1) is 0 Å². The number of hydrogen-bond donors (Lipinski definition) is 3. The molecule has 1 aromatic heterocycles. The van der Waals surface area contributed by atoms with Crippen molar-refractivity contribution in [3.63, 3.8) is 0 Å².